The van der Waals surface area contributed by atoms with Crippen molar-refractivity contribution in [2.45, 2.75) is 19.9 Å². The third-order valence-corrected chi connectivity index (χ3v) is 7.95. The monoisotopic (exact) mass is 574 g/mol. The number of thiazole rings is 1. The number of allylic oxidation sites excluding steroid dienone is 1. The average Bonchev–Trinajstić information content (AvgIpc) is 3.29. The normalized spacial score (nSPS) is 14.9. The van der Waals surface area contributed by atoms with E-state index >= 15 is 0 Å². The van der Waals surface area contributed by atoms with E-state index in [1.807, 2.05) is 30.3 Å². The van der Waals surface area contributed by atoms with E-state index in [0.29, 0.717) is 49.2 Å². The molecule has 3 aromatic carbocycles. The summed E-state index contributed by atoms with van der Waals surface area (Å²) in [6.07, 6.45) is 1.75. The summed E-state index contributed by atoms with van der Waals surface area (Å²) in [4.78, 5) is 32.8. The highest BCUT2D eigenvalue weighted by Crippen LogP contribution is 2.41. The fourth-order valence-corrected chi connectivity index (χ4v) is 6.08. The number of benzene rings is 3. The summed E-state index contributed by atoms with van der Waals surface area (Å²) in [6.45, 7) is 3.66. The van der Waals surface area contributed by atoms with Gasteiger partial charge in [-0.05, 0) is 67.1 Å². The first kappa shape index (κ1) is 28.0. The molecule has 0 N–H and O–H groups in total. The highest BCUT2D eigenvalue weighted by molar-refractivity contribution is 7.07. The predicted molar refractivity (Wildman–Crippen MR) is 157 cm³/mol. The molecule has 10 heteroatoms. The lowest BCUT2D eigenvalue weighted by atomic mass is 9.90. The fraction of sp³-hybridized carbons (Fsp3) is 0.258. The molecule has 0 amide bonds. The predicted octanol–water partition coefficient (Wildman–Crippen LogP) is 3.99. The minimum Gasteiger partial charge on any atom is -0.497 e. The third-order valence-electron chi connectivity index (χ3n) is 6.96. The van der Waals surface area contributed by atoms with Crippen molar-refractivity contribution in [2.75, 3.05) is 35.0 Å². The number of ether oxygens (including phenoxy) is 5. The fourth-order valence-electron chi connectivity index (χ4n) is 5.05. The maximum Gasteiger partial charge on any atom is 0.338 e. The molecule has 41 heavy (non-hydrogen) atoms. The van der Waals surface area contributed by atoms with Crippen LogP contribution in [0.5, 0.6) is 23.0 Å². The maximum atomic E-state index is 14.2. The number of aromatic nitrogens is 1. The van der Waals surface area contributed by atoms with Crippen LogP contribution < -0.4 is 33.8 Å². The molecule has 212 valence electrons. The summed E-state index contributed by atoms with van der Waals surface area (Å²) in [7, 11) is 6.29. The lowest BCUT2D eigenvalue weighted by Crippen LogP contribution is -2.40. The van der Waals surface area contributed by atoms with Crippen LogP contribution in [0.25, 0.3) is 16.8 Å². The molecule has 9 nitrogen and oxygen atoms in total. The number of rotatable bonds is 8. The van der Waals surface area contributed by atoms with Gasteiger partial charge in [0.1, 0.15) is 29.0 Å². The molecule has 1 aliphatic heterocycles. The zero-order valence-electron chi connectivity index (χ0n) is 23.6. The van der Waals surface area contributed by atoms with E-state index in [1.54, 1.807) is 71.1 Å². The summed E-state index contributed by atoms with van der Waals surface area (Å²) in [5.74, 6) is 1.79. The molecule has 1 atom stereocenters. The Morgan fingerprint density at radius 1 is 0.951 bits per heavy atom. The zero-order chi connectivity index (χ0) is 29.3. The second-order valence-corrected chi connectivity index (χ2v) is 10.2. The van der Waals surface area contributed by atoms with Gasteiger partial charge in [0.2, 0.25) is 0 Å². The first-order valence-corrected chi connectivity index (χ1v) is 13.7. The van der Waals surface area contributed by atoms with E-state index in [9.17, 15) is 9.59 Å². The van der Waals surface area contributed by atoms with Gasteiger partial charge in [0.25, 0.3) is 5.56 Å². The molecule has 0 aliphatic carbocycles. The molecule has 0 bridgehead atoms. The van der Waals surface area contributed by atoms with Gasteiger partial charge in [0.15, 0.2) is 4.80 Å². The first-order chi connectivity index (χ1) is 19.8. The van der Waals surface area contributed by atoms with Crippen LogP contribution in [0.4, 0.5) is 0 Å². The Labute approximate surface area is 240 Å². The molecule has 1 unspecified atom stereocenters. The minimum atomic E-state index is -0.870. The maximum absolute atomic E-state index is 14.2. The molecule has 0 radical (unpaired) electrons. The van der Waals surface area contributed by atoms with Crippen molar-refractivity contribution < 1.29 is 28.5 Å². The molecule has 2 heterocycles. The molecule has 1 aromatic heterocycles. The standard InChI is InChI=1S/C31H30N2O7S/c1-7-40-30(35)26-17(2)32-31-33(29(34)25(41-31)15-19-14-20(36-3)11-13-23(19)38-5)28(26)27-22-16-21(37-4)10-8-18(22)9-12-24(27)39-6/h8-16,28H,7H2,1-6H3. The molecule has 0 fully saturated rings. The van der Waals surface area contributed by atoms with E-state index in [1.165, 1.54) is 11.3 Å². The van der Waals surface area contributed by atoms with Gasteiger partial charge in [0, 0.05) is 11.1 Å². The second-order valence-electron chi connectivity index (χ2n) is 9.18. The van der Waals surface area contributed by atoms with E-state index < -0.39 is 12.0 Å². The Hall–Kier alpha value is -4.57. The number of hydrogen-bond donors (Lipinski definition) is 0. The van der Waals surface area contributed by atoms with E-state index in [-0.39, 0.29) is 17.7 Å². The van der Waals surface area contributed by atoms with Crippen molar-refractivity contribution in [2.24, 2.45) is 4.99 Å². The van der Waals surface area contributed by atoms with Crippen LogP contribution in [0.15, 0.2) is 69.6 Å². The van der Waals surface area contributed by atoms with E-state index in [2.05, 4.69) is 0 Å². The molecule has 5 rings (SSSR count). The van der Waals surface area contributed by atoms with Crippen molar-refractivity contribution in [3.8, 4) is 23.0 Å². The highest BCUT2D eigenvalue weighted by atomic mass is 32.1. The zero-order valence-corrected chi connectivity index (χ0v) is 24.5. The number of esters is 1. The molecule has 0 saturated heterocycles. The van der Waals surface area contributed by atoms with Crippen LogP contribution in [-0.2, 0) is 9.53 Å². The summed E-state index contributed by atoms with van der Waals surface area (Å²) >= 11 is 1.23. The Balaban J connectivity index is 1.86. The topological polar surface area (TPSA) is 97.6 Å². The summed E-state index contributed by atoms with van der Waals surface area (Å²) in [6, 6.07) is 13.9. The largest absolute Gasteiger partial charge is 0.497 e. The molecule has 4 aromatic rings. The summed E-state index contributed by atoms with van der Waals surface area (Å²) in [5, 5.41) is 1.66. The Morgan fingerprint density at radius 3 is 2.29 bits per heavy atom. The number of carbonyl (C=O) groups excluding carboxylic acids is 1. The van der Waals surface area contributed by atoms with Gasteiger partial charge in [0.05, 0.1) is 50.8 Å². The van der Waals surface area contributed by atoms with Gasteiger partial charge in [-0.25, -0.2) is 9.79 Å². The third kappa shape index (κ3) is 4.95. The number of nitrogens with zero attached hydrogens (tertiary/aromatic N) is 2. The summed E-state index contributed by atoms with van der Waals surface area (Å²) in [5.41, 5.74) is 1.70. The summed E-state index contributed by atoms with van der Waals surface area (Å²) < 4.78 is 29.7. The molecular weight excluding hydrogens is 544 g/mol. The van der Waals surface area contributed by atoms with Crippen molar-refractivity contribution in [1.29, 1.82) is 0 Å². The smallest absolute Gasteiger partial charge is 0.338 e. The van der Waals surface area contributed by atoms with Gasteiger partial charge in [-0.2, -0.15) is 0 Å². The van der Waals surface area contributed by atoms with Crippen molar-refractivity contribution in [3.63, 3.8) is 0 Å². The van der Waals surface area contributed by atoms with Crippen molar-refractivity contribution >= 4 is 34.2 Å². The van der Waals surface area contributed by atoms with Crippen LogP contribution in [-0.4, -0.2) is 45.6 Å². The Bertz CT molecular complexity index is 1860. The van der Waals surface area contributed by atoms with E-state index in [4.69, 9.17) is 28.7 Å². The Morgan fingerprint density at radius 2 is 1.61 bits per heavy atom. The van der Waals surface area contributed by atoms with E-state index in [0.717, 1.165) is 10.8 Å². The lowest BCUT2D eigenvalue weighted by molar-refractivity contribution is -0.139. The van der Waals surface area contributed by atoms with Gasteiger partial charge in [-0.1, -0.05) is 23.5 Å². The molecule has 0 saturated carbocycles. The van der Waals surface area contributed by atoms with Gasteiger partial charge in [-0.15, -0.1) is 0 Å². The quantitative estimate of drug-likeness (QED) is 0.294. The Kier molecular flexibility index (Phi) is 7.85. The number of hydrogen-bond acceptors (Lipinski definition) is 9. The van der Waals surface area contributed by atoms with Gasteiger partial charge >= 0.3 is 5.97 Å². The second kappa shape index (κ2) is 11.5. The number of methoxy groups -OCH3 is 4. The SMILES string of the molecule is CCOC(=O)C1=C(C)N=c2sc(=Cc3cc(OC)ccc3OC)c(=O)n2C1c1c(OC)ccc2ccc(OC)cc12. The molecular formula is C31H30N2O7S. The van der Waals surface area contributed by atoms with Crippen molar-refractivity contribution in [1.82, 2.24) is 4.57 Å². The highest BCUT2D eigenvalue weighted by Gasteiger charge is 2.36. The average molecular weight is 575 g/mol. The van der Waals surface area contributed by atoms with Gasteiger partial charge < -0.3 is 23.7 Å². The van der Waals surface area contributed by atoms with Crippen molar-refractivity contribution in [3.05, 3.63) is 90.6 Å². The van der Waals surface area contributed by atoms with Crippen LogP contribution >= 0.6 is 11.3 Å². The minimum absolute atomic E-state index is 0.170. The van der Waals surface area contributed by atoms with Crippen LogP contribution in [0.3, 0.4) is 0 Å². The molecule has 0 spiro atoms. The van der Waals surface area contributed by atoms with Gasteiger partial charge in [-0.3, -0.25) is 9.36 Å². The van der Waals surface area contributed by atoms with Crippen LogP contribution in [0, 0.1) is 0 Å². The first-order valence-electron chi connectivity index (χ1n) is 12.9. The van der Waals surface area contributed by atoms with Crippen LogP contribution in [0.1, 0.15) is 31.0 Å². The molecule has 1 aliphatic rings. The van der Waals surface area contributed by atoms with Crippen LogP contribution in [0.2, 0.25) is 0 Å². The number of fused-ring (bicyclic) bond motifs is 2. The number of carbonyl (C=O) groups is 1. The lowest BCUT2D eigenvalue weighted by Gasteiger charge is -2.27.